The summed E-state index contributed by atoms with van der Waals surface area (Å²) in [4.78, 5) is 33.5. The van der Waals surface area contributed by atoms with Crippen molar-refractivity contribution in [2.75, 3.05) is 13.1 Å². The monoisotopic (exact) mass is 369 g/mol. The molecular formula is C19H19N3O5. The molecule has 3 heterocycles. The number of carboxylic acid groups (broad SMARTS) is 1. The van der Waals surface area contributed by atoms with Crippen LogP contribution in [0.25, 0.3) is 0 Å². The van der Waals surface area contributed by atoms with Crippen molar-refractivity contribution < 1.29 is 24.2 Å². The number of benzene rings is 1. The maximum Gasteiger partial charge on any atom is 0.335 e. The van der Waals surface area contributed by atoms with Gasteiger partial charge in [0.1, 0.15) is 22.8 Å². The van der Waals surface area contributed by atoms with E-state index < -0.39 is 11.6 Å². The van der Waals surface area contributed by atoms with Crippen LogP contribution in [0.1, 0.15) is 46.7 Å². The van der Waals surface area contributed by atoms with Crippen molar-refractivity contribution in [1.29, 1.82) is 0 Å². The number of aromatic nitrogens is 2. The van der Waals surface area contributed by atoms with Gasteiger partial charge in [-0.3, -0.25) is 4.79 Å². The Labute approximate surface area is 155 Å². The molecule has 0 saturated carbocycles. The molecule has 2 aliphatic heterocycles. The van der Waals surface area contributed by atoms with Gasteiger partial charge >= 0.3 is 5.97 Å². The van der Waals surface area contributed by atoms with Gasteiger partial charge in [0, 0.05) is 25.1 Å². The number of hydrogen-bond donors (Lipinski definition) is 1. The van der Waals surface area contributed by atoms with E-state index in [1.54, 1.807) is 4.90 Å². The van der Waals surface area contributed by atoms with Crippen molar-refractivity contribution >= 4 is 11.9 Å². The summed E-state index contributed by atoms with van der Waals surface area (Å²) >= 11 is 0. The van der Waals surface area contributed by atoms with Crippen LogP contribution in [0.4, 0.5) is 0 Å². The first kappa shape index (κ1) is 17.3. The second-order valence-corrected chi connectivity index (χ2v) is 7.28. The van der Waals surface area contributed by atoms with Gasteiger partial charge in [0.15, 0.2) is 0 Å². The van der Waals surface area contributed by atoms with E-state index in [1.165, 1.54) is 24.5 Å². The third kappa shape index (κ3) is 3.30. The fraction of sp³-hybridized carbons (Fsp3) is 0.368. The number of amides is 1. The zero-order valence-electron chi connectivity index (χ0n) is 15.1. The third-order valence-corrected chi connectivity index (χ3v) is 4.61. The van der Waals surface area contributed by atoms with E-state index in [9.17, 15) is 14.7 Å². The fourth-order valence-corrected chi connectivity index (χ4v) is 3.13. The maximum atomic E-state index is 12.1. The molecule has 4 rings (SSSR count). The molecule has 0 radical (unpaired) electrons. The van der Waals surface area contributed by atoms with E-state index in [0.29, 0.717) is 17.9 Å². The number of rotatable bonds is 4. The molecule has 0 spiro atoms. The van der Waals surface area contributed by atoms with Crippen molar-refractivity contribution in [1.82, 2.24) is 14.9 Å². The summed E-state index contributed by atoms with van der Waals surface area (Å²) in [5.41, 5.74) is 0.666. The Hall–Kier alpha value is -3.16. The number of hydrogen-bond acceptors (Lipinski definition) is 6. The van der Waals surface area contributed by atoms with Crippen LogP contribution < -0.4 is 9.47 Å². The van der Waals surface area contributed by atoms with Crippen LogP contribution in [0.5, 0.6) is 17.4 Å². The van der Waals surface area contributed by atoms with E-state index in [0.717, 1.165) is 25.1 Å². The first-order valence-electron chi connectivity index (χ1n) is 8.71. The van der Waals surface area contributed by atoms with Crippen molar-refractivity contribution in [3.05, 3.63) is 41.3 Å². The number of carboxylic acids is 1. The molecule has 0 atom stereocenters. The Morgan fingerprint density at radius 2 is 2.00 bits per heavy atom. The van der Waals surface area contributed by atoms with Gasteiger partial charge in [-0.25, -0.2) is 14.8 Å². The van der Waals surface area contributed by atoms with Gasteiger partial charge in [0.25, 0.3) is 5.91 Å². The first-order chi connectivity index (χ1) is 12.8. The summed E-state index contributed by atoms with van der Waals surface area (Å²) in [7, 11) is 0. The lowest BCUT2D eigenvalue weighted by molar-refractivity contribution is 0.0643. The van der Waals surface area contributed by atoms with Crippen LogP contribution in [-0.4, -0.2) is 50.5 Å². The molecule has 1 saturated heterocycles. The standard InChI is InChI=1S/C19H19N3O5/c1-19(2)8-12-14(6-11(18(24)25)7-15(12)27-19)26-16-10-20-13(9-21-16)17(23)22-4-3-5-22/h6-7,9-10H,3-5,8H2,1-2H3,(H,24,25). The van der Waals surface area contributed by atoms with E-state index in [-0.39, 0.29) is 23.0 Å². The van der Waals surface area contributed by atoms with E-state index >= 15 is 0 Å². The fourth-order valence-electron chi connectivity index (χ4n) is 3.13. The van der Waals surface area contributed by atoms with Gasteiger partial charge < -0.3 is 19.5 Å². The van der Waals surface area contributed by atoms with Crippen LogP contribution in [0.2, 0.25) is 0 Å². The van der Waals surface area contributed by atoms with Gasteiger partial charge in [0.05, 0.1) is 18.0 Å². The SMILES string of the molecule is CC1(C)Cc2c(Oc3cnc(C(=O)N4CCC4)cn3)cc(C(=O)O)cc2O1. The molecule has 1 aromatic carbocycles. The molecule has 140 valence electrons. The lowest BCUT2D eigenvalue weighted by Gasteiger charge is -2.30. The molecule has 0 aliphatic carbocycles. The lowest BCUT2D eigenvalue weighted by Crippen LogP contribution is -2.42. The van der Waals surface area contributed by atoms with Gasteiger partial charge in [-0.05, 0) is 32.4 Å². The van der Waals surface area contributed by atoms with Crippen LogP contribution in [0.3, 0.4) is 0 Å². The van der Waals surface area contributed by atoms with Gasteiger partial charge in [0.2, 0.25) is 5.88 Å². The quantitative estimate of drug-likeness (QED) is 0.883. The number of ether oxygens (including phenoxy) is 2. The second-order valence-electron chi connectivity index (χ2n) is 7.28. The Morgan fingerprint density at radius 3 is 2.59 bits per heavy atom. The minimum Gasteiger partial charge on any atom is -0.487 e. The average Bonchev–Trinajstić information content (AvgIpc) is 2.88. The second kappa shape index (κ2) is 6.22. The van der Waals surface area contributed by atoms with Gasteiger partial charge in [-0.2, -0.15) is 0 Å². The molecule has 0 unspecified atom stereocenters. The Kier molecular flexibility index (Phi) is 3.98. The largest absolute Gasteiger partial charge is 0.487 e. The van der Waals surface area contributed by atoms with Crippen molar-refractivity contribution in [3.8, 4) is 17.4 Å². The van der Waals surface area contributed by atoms with Gasteiger partial charge in [-0.1, -0.05) is 0 Å². The van der Waals surface area contributed by atoms with Crippen LogP contribution in [0, 0.1) is 0 Å². The van der Waals surface area contributed by atoms with Crippen LogP contribution in [-0.2, 0) is 6.42 Å². The highest BCUT2D eigenvalue weighted by Gasteiger charge is 2.34. The topological polar surface area (TPSA) is 102 Å². The molecule has 1 aromatic heterocycles. The predicted octanol–water partition coefficient (Wildman–Crippen LogP) is 2.53. The van der Waals surface area contributed by atoms with E-state index in [1.807, 2.05) is 13.8 Å². The Bertz CT molecular complexity index is 920. The molecular weight excluding hydrogens is 350 g/mol. The number of nitrogens with zero attached hydrogens (tertiary/aromatic N) is 3. The zero-order valence-corrected chi connectivity index (χ0v) is 15.1. The number of carbonyl (C=O) groups is 2. The summed E-state index contributed by atoms with van der Waals surface area (Å²) in [6.45, 7) is 5.33. The smallest absolute Gasteiger partial charge is 0.335 e. The first-order valence-corrected chi connectivity index (χ1v) is 8.71. The van der Waals surface area contributed by atoms with Gasteiger partial charge in [-0.15, -0.1) is 0 Å². The molecule has 27 heavy (non-hydrogen) atoms. The Balaban J connectivity index is 1.61. The summed E-state index contributed by atoms with van der Waals surface area (Å²) < 4.78 is 11.6. The maximum absolute atomic E-state index is 12.1. The molecule has 1 fully saturated rings. The van der Waals surface area contributed by atoms with E-state index in [4.69, 9.17) is 9.47 Å². The molecule has 8 nitrogen and oxygen atoms in total. The summed E-state index contributed by atoms with van der Waals surface area (Å²) in [5.74, 6) is -0.176. The number of carbonyl (C=O) groups excluding carboxylic acids is 1. The lowest BCUT2D eigenvalue weighted by atomic mass is 10.00. The van der Waals surface area contributed by atoms with Crippen molar-refractivity contribution in [2.24, 2.45) is 0 Å². The zero-order chi connectivity index (χ0) is 19.2. The van der Waals surface area contributed by atoms with Crippen molar-refractivity contribution in [3.63, 3.8) is 0 Å². The number of aromatic carboxylic acids is 1. The average molecular weight is 369 g/mol. The highest BCUT2D eigenvalue weighted by molar-refractivity contribution is 5.92. The Morgan fingerprint density at radius 1 is 1.22 bits per heavy atom. The summed E-state index contributed by atoms with van der Waals surface area (Å²) in [5, 5.41) is 9.33. The highest BCUT2D eigenvalue weighted by atomic mass is 16.5. The number of likely N-dealkylation sites (tertiary alicyclic amines) is 1. The molecule has 2 aromatic rings. The highest BCUT2D eigenvalue weighted by Crippen LogP contribution is 2.42. The summed E-state index contributed by atoms with van der Waals surface area (Å²) in [6, 6.07) is 2.95. The molecule has 2 aliphatic rings. The minimum absolute atomic E-state index is 0.0685. The normalized spacial score (nSPS) is 16.9. The van der Waals surface area contributed by atoms with Crippen molar-refractivity contribution in [2.45, 2.75) is 32.3 Å². The van der Waals surface area contributed by atoms with E-state index in [2.05, 4.69) is 9.97 Å². The summed E-state index contributed by atoms with van der Waals surface area (Å²) in [6.07, 6.45) is 4.33. The molecule has 0 bridgehead atoms. The third-order valence-electron chi connectivity index (χ3n) is 4.61. The molecule has 1 N–H and O–H groups in total. The van der Waals surface area contributed by atoms with Crippen LogP contribution >= 0.6 is 0 Å². The van der Waals surface area contributed by atoms with Crippen LogP contribution in [0.15, 0.2) is 24.5 Å². The predicted molar refractivity (Wildman–Crippen MR) is 94.4 cm³/mol. The number of fused-ring (bicyclic) bond motifs is 1. The molecule has 1 amide bonds. The minimum atomic E-state index is -1.07. The molecule has 8 heteroatoms.